The van der Waals surface area contributed by atoms with Crippen LogP contribution in [0.4, 0.5) is 4.79 Å². The molecule has 1 atom stereocenters. The molecule has 0 spiro atoms. The average molecular weight is 415 g/mol. The number of carbonyl (C=O) groups is 2. The summed E-state index contributed by atoms with van der Waals surface area (Å²) in [4.78, 5) is 25.1. The minimum Gasteiger partial charge on any atom is -0.353 e. The largest absolute Gasteiger partial charge is 0.353 e. The lowest BCUT2D eigenvalue weighted by atomic mass is 10.0. The van der Waals surface area contributed by atoms with E-state index in [0.717, 1.165) is 21.9 Å². The fraction of sp³-hybridized carbons (Fsp3) is 0.240. The third-order valence-electron chi connectivity index (χ3n) is 4.95. The van der Waals surface area contributed by atoms with E-state index in [2.05, 4.69) is 16.0 Å². The van der Waals surface area contributed by atoms with E-state index >= 15 is 0 Å². The summed E-state index contributed by atoms with van der Waals surface area (Å²) in [7, 11) is 0. The highest BCUT2D eigenvalue weighted by atomic mass is 16.2. The molecule has 0 aliphatic rings. The Morgan fingerprint density at radius 1 is 0.839 bits per heavy atom. The Kier molecular flexibility index (Phi) is 8.01. The second-order valence-electron chi connectivity index (χ2n) is 7.27. The fourth-order valence-electron chi connectivity index (χ4n) is 3.35. The van der Waals surface area contributed by atoms with Gasteiger partial charge in [-0.1, -0.05) is 72.8 Å². The van der Waals surface area contributed by atoms with Gasteiger partial charge < -0.3 is 16.0 Å². The molecule has 158 valence electrons. The highest BCUT2D eigenvalue weighted by Gasteiger charge is 2.21. The Labute approximate surface area is 182 Å². The zero-order valence-corrected chi connectivity index (χ0v) is 17.3. The maximum absolute atomic E-state index is 12.7. The van der Waals surface area contributed by atoms with Gasteiger partial charge in [-0.3, -0.25) is 4.79 Å². The molecule has 6 nitrogen and oxygen atoms in total. The molecule has 0 heterocycles. The van der Waals surface area contributed by atoms with Gasteiger partial charge in [-0.2, -0.15) is 5.26 Å². The highest BCUT2D eigenvalue weighted by Crippen LogP contribution is 2.16. The molecule has 0 bridgehead atoms. The zero-order chi connectivity index (χ0) is 21.9. The quantitative estimate of drug-likeness (QED) is 0.469. The van der Waals surface area contributed by atoms with Crippen molar-refractivity contribution in [2.45, 2.75) is 25.3 Å². The van der Waals surface area contributed by atoms with Crippen LogP contribution in [-0.2, 0) is 17.6 Å². The van der Waals surface area contributed by atoms with E-state index < -0.39 is 12.1 Å². The predicted octanol–water partition coefficient (Wildman–Crippen LogP) is 3.32. The number of amides is 3. The number of urea groups is 1. The maximum Gasteiger partial charge on any atom is 0.315 e. The Morgan fingerprint density at radius 3 is 2.35 bits per heavy atom. The van der Waals surface area contributed by atoms with Crippen LogP contribution in [0, 0.1) is 11.3 Å². The standard InChI is InChI=1S/C25H26N4O2/c26-14-6-15-27-24(30)23(18-20-11-12-21-9-4-5-10-22(21)17-20)29-25(31)28-16-13-19-7-2-1-3-8-19/h1-5,7-12,17,23H,6,13,15-16,18H2,(H,27,30)(H2,28,29,31). The Hall–Kier alpha value is -3.85. The van der Waals surface area contributed by atoms with E-state index in [9.17, 15) is 9.59 Å². The molecule has 0 aromatic heterocycles. The molecule has 0 fully saturated rings. The lowest BCUT2D eigenvalue weighted by molar-refractivity contribution is -0.122. The molecule has 3 rings (SSSR count). The number of hydrogen-bond acceptors (Lipinski definition) is 3. The van der Waals surface area contributed by atoms with Crippen molar-refractivity contribution in [3.05, 3.63) is 83.9 Å². The van der Waals surface area contributed by atoms with Crippen LogP contribution < -0.4 is 16.0 Å². The summed E-state index contributed by atoms with van der Waals surface area (Å²) in [6, 6.07) is 24.7. The molecule has 6 heteroatoms. The van der Waals surface area contributed by atoms with E-state index in [-0.39, 0.29) is 18.9 Å². The van der Waals surface area contributed by atoms with Gasteiger partial charge in [-0.05, 0) is 28.3 Å². The van der Waals surface area contributed by atoms with Crippen molar-refractivity contribution in [3.8, 4) is 6.07 Å². The van der Waals surface area contributed by atoms with Crippen molar-refractivity contribution in [2.75, 3.05) is 13.1 Å². The zero-order valence-electron chi connectivity index (χ0n) is 17.3. The molecule has 31 heavy (non-hydrogen) atoms. The SMILES string of the molecule is N#CCCNC(=O)C(Cc1ccc2ccccc2c1)NC(=O)NCCc1ccccc1. The first-order valence-electron chi connectivity index (χ1n) is 10.4. The van der Waals surface area contributed by atoms with Crippen molar-refractivity contribution in [1.82, 2.24) is 16.0 Å². The van der Waals surface area contributed by atoms with Crippen LogP contribution >= 0.6 is 0 Å². The predicted molar refractivity (Wildman–Crippen MR) is 121 cm³/mol. The molecule has 3 aromatic carbocycles. The summed E-state index contributed by atoms with van der Waals surface area (Å²) < 4.78 is 0. The Morgan fingerprint density at radius 2 is 1.58 bits per heavy atom. The first-order chi connectivity index (χ1) is 15.2. The van der Waals surface area contributed by atoms with Gasteiger partial charge in [-0.15, -0.1) is 0 Å². The molecular formula is C25H26N4O2. The summed E-state index contributed by atoms with van der Waals surface area (Å²) in [5.41, 5.74) is 2.08. The summed E-state index contributed by atoms with van der Waals surface area (Å²) in [6.45, 7) is 0.718. The van der Waals surface area contributed by atoms with E-state index in [4.69, 9.17) is 5.26 Å². The normalized spacial score (nSPS) is 11.3. The molecule has 0 radical (unpaired) electrons. The van der Waals surface area contributed by atoms with Crippen LogP contribution in [0.15, 0.2) is 72.8 Å². The van der Waals surface area contributed by atoms with Gasteiger partial charge in [0.1, 0.15) is 6.04 Å². The smallest absolute Gasteiger partial charge is 0.315 e. The summed E-state index contributed by atoms with van der Waals surface area (Å²) in [5.74, 6) is -0.304. The molecule has 3 aromatic rings. The molecule has 0 aliphatic carbocycles. The molecule has 0 saturated heterocycles. The first kappa shape index (κ1) is 21.8. The van der Waals surface area contributed by atoms with Crippen LogP contribution in [0.5, 0.6) is 0 Å². The number of rotatable bonds is 9. The van der Waals surface area contributed by atoms with Crippen LogP contribution in [0.25, 0.3) is 10.8 Å². The first-order valence-corrected chi connectivity index (χ1v) is 10.4. The number of fused-ring (bicyclic) bond motifs is 1. The van der Waals surface area contributed by atoms with Gasteiger partial charge in [0.05, 0.1) is 12.5 Å². The highest BCUT2D eigenvalue weighted by molar-refractivity contribution is 5.88. The van der Waals surface area contributed by atoms with Crippen molar-refractivity contribution in [3.63, 3.8) is 0 Å². The van der Waals surface area contributed by atoms with Crippen LogP contribution in [0.1, 0.15) is 17.5 Å². The number of benzene rings is 3. The summed E-state index contributed by atoms with van der Waals surface area (Å²) in [5, 5.41) is 19.2. The minimum absolute atomic E-state index is 0.220. The summed E-state index contributed by atoms with van der Waals surface area (Å²) in [6.07, 6.45) is 1.28. The van der Waals surface area contributed by atoms with E-state index in [1.165, 1.54) is 0 Å². The van der Waals surface area contributed by atoms with E-state index in [0.29, 0.717) is 19.4 Å². The molecule has 3 N–H and O–H groups in total. The third-order valence-corrected chi connectivity index (χ3v) is 4.95. The Balaban J connectivity index is 1.62. The van der Waals surface area contributed by atoms with Gasteiger partial charge in [0, 0.05) is 19.5 Å². The van der Waals surface area contributed by atoms with Gasteiger partial charge in [0.25, 0.3) is 0 Å². The van der Waals surface area contributed by atoms with Crippen molar-refractivity contribution < 1.29 is 9.59 Å². The monoisotopic (exact) mass is 414 g/mol. The van der Waals surface area contributed by atoms with E-state index in [1.807, 2.05) is 78.9 Å². The lowest BCUT2D eigenvalue weighted by Crippen LogP contribution is -2.51. The Bertz CT molecular complexity index is 1060. The van der Waals surface area contributed by atoms with Gasteiger partial charge >= 0.3 is 6.03 Å². The molecule has 3 amide bonds. The molecule has 0 aliphatic heterocycles. The average Bonchev–Trinajstić information content (AvgIpc) is 2.79. The third kappa shape index (κ3) is 6.86. The van der Waals surface area contributed by atoms with Crippen molar-refractivity contribution in [1.29, 1.82) is 5.26 Å². The number of nitriles is 1. The van der Waals surface area contributed by atoms with Gasteiger partial charge in [0.15, 0.2) is 0 Å². The maximum atomic E-state index is 12.7. The van der Waals surface area contributed by atoms with Crippen molar-refractivity contribution in [2.24, 2.45) is 0 Å². The van der Waals surface area contributed by atoms with Gasteiger partial charge in [0.2, 0.25) is 5.91 Å². The summed E-state index contributed by atoms with van der Waals surface area (Å²) >= 11 is 0. The van der Waals surface area contributed by atoms with Crippen LogP contribution in [0.2, 0.25) is 0 Å². The molecular weight excluding hydrogens is 388 g/mol. The number of carbonyl (C=O) groups excluding carboxylic acids is 2. The number of nitrogens with one attached hydrogen (secondary N) is 3. The second kappa shape index (κ2) is 11.4. The molecule has 1 unspecified atom stereocenters. The number of nitrogens with zero attached hydrogens (tertiary/aromatic N) is 1. The minimum atomic E-state index is -0.739. The topological polar surface area (TPSA) is 94.0 Å². The van der Waals surface area contributed by atoms with Crippen LogP contribution in [0.3, 0.4) is 0 Å². The van der Waals surface area contributed by atoms with Crippen molar-refractivity contribution >= 4 is 22.7 Å². The molecule has 0 saturated carbocycles. The fourth-order valence-corrected chi connectivity index (χ4v) is 3.35. The van der Waals surface area contributed by atoms with E-state index in [1.54, 1.807) is 0 Å². The van der Waals surface area contributed by atoms with Gasteiger partial charge in [-0.25, -0.2) is 4.79 Å². The second-order valence-corrected chi connectivity index (χ2v) is 7.27. The number of hydrogen-bond donors (Lipinski definition) is 3. The van der Waals surface area contributed by atoms with Crippen LogP contribution in [-0.4, -0.2) is 31.1 Å². The lowest BCUT2D eigenvalue weighted by Gasteiger charge is -2.19.